The van der Waals surface area contributed by atoms with Gasteiger partial charge >= 0.3 is 11.7 Å². The molecule has 1 saturated heterocycles. The second-order valence-corrected chi connectivity index (χ2v) is 8.50. The Hall–Kier alpha value is -3.23. The molecule has 2 heterocycles. The Morgan fingerprint density at radius 1 is 1.29 bits per heavy atom. The van der Waals surface area contributed by atoms with Crippen LogP contribution >= 0.6 is 0 Å². The van der Waals surface area contributed by atoms with Crippen LogP contribution in [-0.4, -0.2) is 57.7 Å². The van der Waals surface area contributed by atoms with Crippen LogP contribution in [-0.2, 0) is 23.9 Å². The second-order valence-electron chi connectivity index (χ2n) is 8.50. The molecule has 186 valence electrons. The molecule has 0 aliphatic carbocycles. The number of rotatable bonds is 10. The average Bonchev–Trinajstić information content (AvgIpc) is 3.17. The zero-order valence-corrected chi connectivity index (χ0v) is 19.6. The molecule has 1 aromatic heterocycles. The Labute approximate surface area is 196 Å². The summed E-state index contributed by atoms with van der Waals surface area (Å²) in [5.74, 6) is 4.81. The summed E-state index contributed by atoms with van der Waals surface area (Å²) in [6, 6.07) is 0. The van der Waals surface area contributed by atoms with Crippen LogP contribution in [0.2, 0.25) is 0 Å². The molecule has 1 aliphatic rings. The fourth-order valence-electron chi connectivity index (χ4n) is 3.24. The number of hydrogen-bond donors (Lipinski definition) is 3. The molecule has 0 radical (unpaired) electrons. The van der Waals surface area contributed by atoms with Gasteiger partial charge in [0, 0.05) is 25.5 Å². The van der Waals surface area contributed by atoms with Gasteiger partial charge in [0.2, 0.25) is 5.91 Å². The molecular formula is C23H31N3O8. The molecule has 0 bridgehead atoms. The van der Waals surface area contributed by atoms with Crippen molar-refractivity contribution in [1.29, 1.82) is 0 Å². The number of aromatic nitrogens is 2. The molecule has 0 aromatic carbocycles. The molecule has 3 N–H and O–H groups in total. The Morgan fingerprint density at radius 2 is 2.03 bits per heavy atom. The monoisotopic (exact) mass is 477 g/mol. The van der Waals surface area contributed by atoms with E-state index in [4.69, 9.17) is 9.47 Å². The Kier molecular flexibility index (Phi) is 10.2. The average molecular weight is 478 g/mol. The molecule has 1 amide bonds. The number of carbonyl (C=O) groups is 3. The molecule has 1 fully saturated rings. The van der Waals surface area contributed by atoms with Crippen molar-refractivity contribution in [2.75, 3.05) is 13.2 Å². The van der Waals surface area contributed by atoms with Crippen LogP contribution in [0.5, 0.6) is 0 Å². The van der Waals surface area contributed by atoms with Crippen LogP contribution in [0.1, 0.15) is 64.7 Å². The lowest BCUT2D eigenvalue weighted by Crippen LogP contribution is -2.33. The number of aromatic amines is 1. The fourth-order valence-corrected chi connectivity index (χ4v) is 3.24. The summed E-state index contributed by atoms with van der Waals surface area (Å²) in [6.07, 6.45) is -0.243. The molecule has 0 saturated carbocycles. The number of amides is 1. The number of hydrogen-bond acceptors (Lipinski definition) is 8. The van der Waals surface area contributed by atoms with Crippen molar-refractivity contribution in [3.05, 3.63) is 32.6 Å². The first kappa shape index (κ1) is 27.0. The third kappa shape index (κ3) is 8.28. The van der Waals surface area contributed by atoms with Gasteiger partial charge in [-0.2, -0.15) is 0 Å². The van der Waals surface area contributed by atoms with Crippen LogP contribution in [0, 0.1) is 17.8 Å². The van der Waals surface area contributed by atoms with Gasteiger partial charge in [0.25, 0.3) is 5.56 Å². The largest absolute Gasteiger partial charge is 0.459 e. The number of nitrogens with zero attached hydrogens (tertiary/aromatic N) is 1. The normalized spacial score (nSPS) is 19.4. The predicted octanol–water partition coefficient (Wildman–Crippen LogP) is 0.00130. The highest BCUT2D eigenvalue weighted by Gasteiger charge is 2.39. The quantitative estimate of drug-likeness (QED) is 0.314. The Balaban J connectivity index is 2.07. The van der Waals surface area contributed by atoms with E-state index in [9.17, 15) is 29.1 Å². The molecule has 1 aromatic rings. The van der Waals surface area contributed by atoms with Gasteiger partial charge in [0.05, 0.1) is 19.6 Å². The minimum Gasteiger partial charge on any atom is -0.459 e. The SMILES string of the molecule is CC(=O)CCC(=O)O[C@@H]1C[C@H](n2cc(C#CCNC(=O)CCC(C)C)c(=O)[nH]c2=O)O[C@@H]1CO. The minimum atomic E-state index is -0.914. The van der Waals surface area contributed by atoms with Crippen molar-refractivity contribution in [2.24, 2.45) is 5.92 Å². The van der Waals surface area contributed by atoms with Crippen molar-refractivity contribution < 1.29 is 29.0 Å². The van der Waals surface area contributed by atoms with E-state index in [0.717, 1.165) is 11.0 Å². The smallest absolute Gasteiger partial charge is 0.330 e. The van der Waals surface area contributed by atoms with Gasteiger partial charge in [0.15, 0.2) is 0 Å². The van der Waals surface area contributed by atoms with Crippen molar-refractivity contribution in [2.45, 2.75) is 71.3 Å². The number of esters is 1. The number of aliphatic hydroxyl groups excluding tert-OH is 1. The molecule has 34 heavy (non-hydrogen) atoms. The van der Waals surface area contributed by atoms with Gasteiger partial charge in [-0.1, -0.05) is 25.7 Å². The number of ether oxygens (including phenoxy) is 2. The van der Waals surface area contributed by atoms with E-state index >= 15 is 0 Å². The van der Waals surface area contributed by atoms with Gasteiger partial charge in [-0.3, -0.25) is 23.9 Å². The highest BCUT2D eigenvalue weighted by atomic mass is 16.6. The van der Waals surface area contributed by atoms with Gasteiger partial charge < -0.3 is 24.7 Å². The van der Waals surface area contributed by atoms with Crippen LogP contribution in [0.3, 0.4) is 0 Å². The van der Waals surface area contributed by atoms with Crippen molar-refractivity contribution in [1.82, 2.24) is 14.9 Å². The van der Waals surface area contributed by atoms with Gasteiger partial charge in [0.1, 0.15) is 29.8 Å². The molecule has 11 heteroatoms. The highest BCUT2D eigenvalue weighted by Crippen LogP contribution is 2.30. The van der Waals surface area contributed by atoms with E-state index in [0.29, 0.717) is 12.3 Å². The Bertz CT molecular complexity index is 1060. The number of nitrogens with one attached hydrogen (secondary N) is 2. The summed E-state index contributed by atoms with van der Waals surface area (Å²) in [4.78, 5) is 61.4. The third-order valence-electron chi connectivity index (χ3n) is 5.15. The summed E-state index contributed by atoms with van der Waals surface area (Å²) in [7, 11) is 0. The van der Waals surface area contributed by atoms with Crippen LogP contribution in [0.15, 0.2) is 15.8 Å². The Morgan fingerprint density at radius 3 is 2.68 bits per heavy atom. The molecule has 11 nitrogen and oxygen atoms in total. The van der Waals surface area contributed by atoms with Gasteiger partial charge in [-0.25, -0.2) is 4.79 Å². The number of ketones is 1. The number of Topliss-reactive ketones (excluding diaryl/α,β-unsaturated/α-hetero) is 1. The minimum absolute atomic E-state index is 0.0120. The van der Waals surface area contributed by atoms with Gasteiger partial charge in [-0.05, 0) is 19.3 Å². The van der Waals surface area contributed by atoms with Crippen LogP contribution in [0.4, 0.5) is 0 Å². The van der Waals surface area contributed by atoms with Crippen LogP contribution in [0.25, 0.3) is 0 Å². The zero-order valence-electron chi connectivity index (χ0n) is 19.6. The molecular weight excluding hydrogens is 446 g/mol. The van der Waals surface area contributed by atoms with E-state index in [1.165, 1.54) is 13.1 Å². The number of carbonyl (C=O) groups excluding carboxylic acids is 3. The van der Waals surface area contributed by atoms with E-state index in [1.807, 2.05) is 13.8 Å². The lowest BCUT2D eigenvalue weighted by atomic mass is 10.1. The van der Waals surface area contributed by atoms with Crippen molar-refractivity contribution in [3.63, 3.8) is 0 Å². The maximum atomic E-state index is 12.3. The maximum Gasteiger partial charge on any atom is 0.330 e. The summed E-state index contributed by atoms with van der Waals surface area (Å²) in [5.41, 5.74) is -1.45. The van der Waals surface area contributed by atoms with Crippen molar-refractivity contribution in [3.8, 4) is 11.8 Å². The topological polar surface area (TPSA) is 157 Å². The van der Waals surface area contributed by atoms with E-state index in [1.54, 1.807) is 0 Å². The summed E-state index contributed by atoms with van der Waals surface area (Å²) >= 11 is 0. The molecule has 0 unspecified atom stereocenters. The first-order valence-electron chi connectivity index (χ1n) is 11.2. The molecule has 1 aliphatic heterocycles. The van der Waals surface area contributed by atoms with Gasteiger partial charge in [-0.15, -0.1) is 0 Å². The first-order chi connectivity index (χ1) is 16.1. The summed E-state index contributed by atoms with van der Waals surface area (Å²) < 4.78 is 12.1. The fraction of sp³-hybridized carbons (Fsp3) is 0.609. The summed E-state index contributed by atoms with van der Waals surface area (Å²) in [5, 5.41) is 12.2. The van der Waals surface area contributed by atoms with Crippen molar-refractivity contribution >= 4 is 17.7 Å². The highest BCUT2D eigenvalue weighted by molar-refractivity contribution is 5.81. The standard InChI is InChI=1S/C23H31N3O8/c1-14(2)6-8-19(29)24-10-4-5-16-12-26(23(32)25-22(16)31)20-11-17(18(13-27)33-20)34-21(30)9-7-15(3)28/h12,14,17-18,20,27H,6-11,13H2,1-3H3,(H,24,29)(H,25,31,32)/t17-,18-,20-/m1/s1. The van der Waals surface area contributed by atoms with E-state index < -0.39 is 42.3 Å². The first-order valence-corrected chi connectivity index (χ1v) is 11.2. The second kappa shape index (κ2) is 12.9. The zero-order chi connectivity index (χ0) is 25.3. The predicted molar refractivity (Wildman–Crippen MR) is 121 cm³/mol. The molecule has 3 atom stereocenters. The maximum absolute atomic E-state index is 12.3. The lowest BCUT2D eigenvalue weighted by Gasteiger charge is -2.16. The lowest BCUT2D eigenvalue weighted by molar-refractivity contribution is -0.153. The molecule has 2 rings (SSSR count). The van der Waals surface area contributed by atoms with E-state index in [2.05, 4.69) is 22.1 Å². The molecule has 0 spiro atoms. The third-order valence-corrected chi connectivity index (χ3v) is 5.15. The number of aliphatic hydroxyl groups is 1. The summed E-state index contributed by atoms with van der Waals surface area (Å²) in [6.45, 7) is 4.99. The van der Waals surface area contributed by atoms with E-state index in [-0.39, 0.29) is 43.1 Å². The van der Waals surface area contributed by atoms with Crippen LogP contribution < -0.4 is 16.6 Å². The number of H-pyrrole nitrogens is 1.